The molecule has 0 spiro atoms. The van der Waals surface area contributed by atoms with Gasteiger partial charge in [-0.3, -0.25) is 0 Å². The second-order valence-corrected chi connectivity index (χ2v) is 2.65. The molecule has 0 amide bonds. The van der Waals surface area contributed by atoms with Crippen molar-refractivity contribution in [2.45, 2.75) is 20.3 Å². The fourth-order valence-corrected chi connectivity index (χ4v) is 1.15. The summed E-state index contributed by atoms with van der Waals surface area (Å²) in [5, 5.41) is 0. The lowest BCUT2D eigenvalue weighted by Crippen LogP contribution is -2.01. The molecule has 0 heterocycles. The Morgan fingerprint density at radius 2 is 2.10 bits per heavy atom. The van der Waals surface area contributed by atoms with Crippen LogP contribution in [0.2, 0.25) is 0 Å². The van der Waals surface area contributed by atoms with E-state index in [1.54, 1.807) is 0 Å². The Balaban J connectivity index is 2.98. The topological polar surface area (TPSA) is 36.4 Å². The summed E-state index contributed by atoms with van der Waals surface area (Å²) < 4.78 is 0. The summed E-state index contributed by atoms with van der Waals surface area (Å²) in [5.41, 5.74) is 11.6. The summed E-state index contributed by atoms with van der Waals surface area (Å²) in [6.45, 7) is 4.02. The molecule has 1 aliphatic carbocycles. The van der Waals surface area contributed by atoms with Gasteiger partial charge < -0.3 is 5.53 Å². The summed E-state index contributed by atoms with van der Waals surface area (Å²) in [4.78, 5) is 3.15. The van der Waals surface area contributed by atoms with Gasteiger partial charge in [-0.25, -0.2) is 0 Å². The lowest BCUT2D eigenvalue weighted by molar-refractivity contribution is -0.00564. The highest BCUT2D eigenvalue weighted by atomic mass is 14.8. The largest absolute Gasteiger partial charge is 0.361 e. The molecule has 0 radical (unpaired) electrons. The minimum absolute atomic E-state index is 0.748. The average molecular weight is 134 g/mol. The van der Waals surface area contributed by atoms with Crippen LogP contribution in [0.15, 0.2) is 23.3 Å². The molecule has 0 bridgehead atoms. The van der Waals surface area contributed by atoms with Crippen molar-refractivity contribution in [2.75, 3.05) is 0 Å². The zero-order valence-electron chi connectivity index (χ0n) is 6.26. The van der Waals surface area contributed by atoms with Crippen molar-refractivity contribution >= 4 is 5.71 Å². The Labute approximate surface area is 60.5 Å². The Morgan fingerprint density at radius 3 is 2.60 bits per heavy atom. The molecule has 0 saturated carbocycles. The first kappa shape index (κ1) is 6.97. The van der Waals surface area contributed by atoms with E-state index < -0.39 is 0 Å². The lowest BCUT2D eigenvalue weighted by Gasteiger charge is -2.01. The van der Waals surface area contributed by atoms with Crippen LogP contribution in [0.5, 0.6) is 0 Å². The SMILES string of the molecule is CC1=CC(=[N+]=[N-])CC(C)=C1. The molecule has 1 rings (SSSR count). The van der Waals surface area contributed by atoms with Crippen LogP contribution >= 0.6 is 0 Å². The Morgan fingerprint density at radius 1 is 1.40 bits per heavy atom. The van der Waals surface area contributed by atoms with Crippen molar-refractivity contribution in [2.24, 2.45) is 0 Å². The predicted molar refractivity (Wildman–Crippen MR) is 40.8 cm³/mol. The van der Waals surface area contributed by atoms with Gasteiger partial charge in [-0.1, -0.05) is 11.6 Å². The highest BCUT2D eigenvalue weighted by Gasteiger charge is 2.09. The normalized spacial score (nSPS) is 17.6. The van der Waals surface area contributed by atoms with Crippen LogP contribution in [-0.4, -0.2) is 10.5 Å². The molecule has 0 unspecified atom stereocenters. The van der Waals surface area contributed by atoms with Gasteiger partial charge in [0.15, 0.2) is 0 Å². The van der Waals surface area contributed by atoms with Crippen LogP contribution in [0.25, 0.3) is 5.53 Å². The van der Waals surface area contributed by atoms with Gasteiger partial charge in [0.25, 0.3) is 5.71 Å². The first-order valence-electron chi connectivity index (χ1n) is 3.29. The zero-order chi connectivity index (χ0) is 7.56. The molecule has 2 nitrogen and oxygen atoms in total. The van der Waals surface area contributed by atoms with Crippen molar-refractivity contribution < 1.29 is 4.79 Å². The van der Waals surface area contributed by atoms with Crippen molar-refractivity contribution in [1.82, 2.24) is 0 Å². The third kappa shape index (κ3) is 1.42. The molecule has 0 aromatic heterocycles. The monoisotopic (exact) mass is 134 g/mol. The average Bonchev–Trinajstić information content (AvgIpc) is 1.85. The highest BCUT2D eigenvalue weighted by Crippen LogP contribution is 2.12. The van der Waals surface area contributed by atoms with Crippen LogP contribution < -0.4 is 0 Å². The Bertz CT molecular complexity index is 252. The molecular formula is C8H10N2. The molecule has 0 saturated heterocycles. The standard InChI is InChI=1S/C8H10N2/c1-6-3-7(2)5-8(4-6)10-9/h3-4H,5H2,1-2H3. The van der Waals surface area contributed by atoms with Crippen LogP contribution in [0.1, 0.15) is 20.3 Å². The molecule has 0 atom stereocenters. The molecule has 1 aliphatic rings. The maximum absolute atomic E-state index is 8.44. The number of rotatable bonds is 0. The molecule has 0 aromatic rings. The van der Waals surface area contributed by atoms with Crippen molar-refractivity contribution in [3.05, 3.63) is 28.8 Å². The van der Waals surface area contributed by atoms with Crippen LogP contribution in [-0.2, 0) is 0 Å². The Kier molecular flexibility index (Phi) is 1.83. The summed E-state index contributed by atoms with van der Waals surface area (Å²) in [7, 11) is 0. The fraction of sp³-hybridized carbons (Fsp3) is 0.375. The number of allylic oxidation sites excluding steroid dienone is 4. The molecule has 0 aromatic carbocycles. The predicted octanol–water partition coefficient (Wildman–Crippen LogP) is 1.95. The zero-order valence-corrected chi connectivity index (χ0v) is 6.26. The van der Waals surface area contributed by atoms with Crippen molar-refractivity contribution in [1.29, 1.82) is 0 Å². The quantitative estimate of drug-likeness (QED) is 0.358. The van der Waals surface area contributed by atoms with Gasteiger partial charge in [-0.2, -0.15) is 4.79 Å². The van der Waals surface area contributed by atoms with Gasteiger partial charge in [0.2, 0.25) is 0 Å². The third-order valence-corrected chi connectivity index (χ3v) is 1.46. The van der Waals surface area contributed by atoms with Crippen molar-refractivity contribution in [3.8, 4) is 0 Å². The van der Waals surface area contributed by atoms with E-state index >= 15 is 0 Å². The molecule has 10 heavy (non-hydrogen) atoms. The van der Waals surface area contributed by atoms with Gasteiger partial charge in [-0.05, 0) is 19.4 Å². The summed E-state index contributed by atoms with van der Waals surface area (Å²) in [5.74, 6) is 0. The van der Waals surface area contributed by atoms with E-state index in [0.29, 0.717) is 0 Å². The van der Waals surface area contributed by atoms with Gasteiger partial charge >= 0.3 is 0 Å². The van der Waals surface area contributed by atoms with Crippen LogP contribution in [0.3, 0.4) is 0 Å². The smallest absolute Gasteiger partial charge is 0.296 e. The molecule has 0 aliphatic heterocycles. The van der Waals surface area contributed by atoms with Gasteiger partial charge in [-0.15, -0.1) is 0 Å². The van der Waals surface area contributed by atoms with Gasteiger partial charge in [0.1, 0.15) is 0 Å². The van der Waals surface area contributed by atoms with E-state index in [-0.39, 0.29) is 0 Å². The minimum atomic E-state index is 0.748. The van der Waals surface area contributed by atoms with Crippen LogP contribution in [0.4, 0.5) is 0 Å². The molecular weight excluding hydrogens is 124 g/mol. The minimum Gasteiger partial charge on any atom is -0.361 e. The first-order valence-corrected chi connectivity index (χ1v) is 3.29. The molecule has 0 N–H and O–H groups in total. The highest BCUT2D eigenvalue weighted by molar-refractivity contribution is 5.94. The second-order valence-electron chi connectivity index (χ2n) is 2.65. The van der Waals surface area contributed by atoms with E-state index in [1.807, 2.05) is 19.9 Å². The summed E-state index contributed by atoms with van der Waals surface area (Å²) in [6, 6.07) is 0. The third-order valence-electron chi connectivity index (χ3n) is 1.46. The van der Waals surface area contributed by atoms with Crippen molar-refractivity contribution in [3.63, 3.8) is 0 Å². The van der Waals surface area contributed by atoms with E-state index in [1.165, 1.54) is 5.57 Å². The molecule has 2 heteroatoms. The maximum Gasteiger partial charge on any atom is 0.296 e. The van der Waals surface area contributed by atoms with Gasteiger partial charge in [0, 0.05) is 6.08 Å². The van der Waals surface area contributed by atoms with E-state index in [4.69, 9.17) is 5.53 Å². The van der Waals surface area contributed by atoms with E-state index in [0.717, 1.165) is 17.7 Å². The summed E-state index contributed by atoms with van der Waals surface area (Å²) >= 11 is 0. The fourth-order valence-electron chi connectivity index (χ4n) is 1.15. The number of hydrogen-bond acceptors (Lipinski definition) is 0. The lowest BCUT2D eigenvalue weighted by atomic mass is 10.0. The first-order chi connectivity index (χ1) is 4.72. The Hall–Kier alpha value is -1.14. The van der Waals surface area contributed by atoms with E-state index in [2.05, 4.69) is 10.9 Å². The molecule has 52 valence electrons. The van der Waals surface area contributed by atoms with Gasteiger partial charge in [0.05, 0.1) is 6.42 Å². The van der Waals surface area contributed by atoms with Crippen LogP contribution in [0, 0.1) is 0 Å². The second kappa shape index (κ2) is 2.63. The molecule has 0 fully saturated rings. The number of hydrogen-bond donors (Lipinski definition) is 0. The number of nitrogens with zero attached hydrogens (tertiary/aromatic N) is 2. The van der Waals surface area contributed by atoms with E-state index in [9.17, 15) is 0 Å². The maximum atomic E-state index is 8.44. The summed E-state index contributed by atoms with van der Waals surface area (Å²) in [6.07, 6.45) is 4.75.